The molecule has 0 radical (unpaired) electrons. The molecule has 7 heteroatoms. The number of hydrogen-bond donors (Lipinski definition) is 1. The zero-order valence-electron chi connectivity index (χ0n) is 22.9. The first-order valence-corrected chi connectivity index (χ1v) is 14.2. The van der Waals surface area contributed by atoms with Crippen molar-refractivity contribution in [2.24, 2.45) is 11.3 Å². The van der Waals surface area contributed by atoms with Gasteiger partial charge in [-0.25, -0.2) is 8.78 Å². The van der Waals surface area contributed by atoms with Gasteiger partial charge in [-0.15, -0.1) is 0 Å². The molecule has 1 saturated heterocycles. The van der Waals surface area contributed by atoms with Gasteiger partial charge in [0, 0.05) is 36.9 Å². The van der Waals surface area contributed by atoms with Crippen molar-refractivity contribution in [3.63, 3.8) is 0 Å². The number of aliphatic hydroxyl groups excluding tert-OH is 1. The van der Waals surface area contributed by atoms with E-state index in [0.29, 0.717) is 24.1 Å². The standard InChI is InChI=1S/C34H34F2N2O3/c35-29-17-27(38-22-34(23-38)15-13-24(19-39)14-16-34)18-30(36)32(29)28-11-12-31(40-20-25-7-3-1-4-8-25)37-33(28)41-21-26-9-5-2-6-10-26/h1-12,17-18,24,39H,13-16,19-23H2. The first-order chi connectivity index (χ1) is 20.0. The summed E-state index contributed by atoms with van der Waals surface area (Å²) in [4.78, 5) is 6.55. The van der Waals surface area contributed by atoms with Crippen LogP contribution in [0.5, 0.6) is 11.8 Å². The summed E-state index contributed by atoms with van der Waals surface area (Å²) in [6.45, 7) is 2.30. The van der Waals surface area contributed by atoms with Gasteiger partial charge in [-0.2, -0.15) is 4.98 Å². The SMILES string of the molecule is OCC1CCC2(CC1)CN(c1cc(F)c(-c3ccc(OCc4ccccc4)nc3OCc3ccccc3)c(F)c1)C2. The molecule has 4 aromatic rings. The van der Waals surface area contributed by atoms with E-state index >= 15 is 8.78 Å². The Morgan fingerprint density at radius 2 is 1.39 bits per heavy atom. The van der Waals surface area contributed by atoms with E-state index in [-0.39, 0.29) is 35.6 Å². The van der Waals surface area contributed by atoms with Crippen LogP contribution in [0.15, 0.2) is 84.9 Å². The van der Waals surface area contributed by atoms with Crippen LogP contribution in [0.4, 0.5) is 14.5 Å². The van der Waals surface area contributed by atoms with Crippen LogP contribution in [-0.2, 0) is 13.2 Å². The first-order valence-electron chi connectivity index (χ1n) is 14.2. The summed E-state index contributed by atoms with van der Waals surface area (Å²) < 4.78 is 43.2. The number of nitrogens with zero attached hydrogens (tertiary/aromatic N) is 2. The average molecular weight is 557 g/mol. The van der Waals surface area contributed by atoms with Gasteiger partial charge in [0.2, 0.25) is 11.8 Å². The molecule has 1 aromatic heterocycles. The molecule has 0 amide bonds. The fourth-order valence-corrected chi connectivity index (χ4v) is 6.00. The summed E-state index contributed by atoms with van der Waals surface area (Å²) >= 11 is 0. The van der Waals surface area contributed by atoms with Gasteiger partial charge in [-0.05, 0) is 60.9 Å². The number of rotatable bonds is 9. The van der Waals surface area contributed by atoms with Gasteiger partial charge in [0.25, 0.3) is 0 Å². The number of halogens is 2. The minimum atomic E-state index is -0.658. The molecule has 1 saturated carbocycles. The molecule has 212 valence electrons. The van der Waals surface area contributed by atoms with Crippen LogP contribution in [0.25, 0.3) is 11.1 Å². The molecule has 1 spiro atoms. The first kappa shape index (κ1) is 27.2. The number of benzene rings is 3. The number of aromatic nitrogens is 1. The summed E-state index contributed by atoms with van der Waals surface area (Å²) in [7, 11) is 0. The highest BCUT2D eigenvalue weighted by Gasteiger charge is 2.45. The van der Waals surface area contributed by atoms with Gasteiger partial charge in [-0.3, -0.25) is 0 Å². The van der Waals surface area contributed by atoms with Crippen molar-refractivity contribution in [1.82, 2.24) is 4.98 Å². The molecule has 2 fully saturated rings. The van der Waals surface area contributed by atoms with Gasteiger partial charge in [0.05, 0.1) is 11.1 Å². The van der Waals surface area contributed by atoms with Crippen molar-refractivity contribution in [2.75, 3.05) is 24.6 Å². The van der Waals surface area contributed by atoms with Crippen LogP contribution in [0.3, 0.4) is 0 Å². The average Bonchev–Trinajstić information content (AvgIpc) is 2.99. The Kier molecular flexibility index (Phi) is 7.88. The van der Waals surface area contributed by atoms with Crippen molar-refractivity contribution < 1.29 is 23.4 Å². The van der Waals surface area contributed by atoms with Gasteiger partial charge in [0.1, 0.15) is 24.8 Å². The van der Waals surface area contributed by atoms with Crippen molar-refractivity contribution in [3.8, 4) is 22.9 Å². The smallest absolute Gasteiger partial charge is 0.225 e. The molecular weight excluding hydrogens is 522 g/mol. The Balaban J connectivity index is 1.23. The lowest BCUT2D eigenvalue weighted by Crippen LogP contribution is -2.58. The van der Waals surface area contributed by atoms with Crippen molar-refractivity contribution in [1.29, 1.82) is 0 Å². The van der Waals surface area contributed by atoms with E-state index < -0.39 is 11.6 Å². The van der Waals surface area contributed by atoms with Gasteiger partial charge >= 0.3 is 0 Å². The molecule has 1 aliphatic carbocycles. The number of ether oxygens (including phenoxy) is 2. The van der Waals surface area contributed by atoms with Crippen LogP contribution in [0, 0.1) is 23.0 Å². The van der Waals surface area contributed by atoms with Gasteiger partial charge in [-0.1, -0.05) is 60.7 Å². The number of anilines is 1. The lowest BCUT2D eigenvalue weighted by atomic mass is 9.66. The Hall–Kier alpha value is -3.97. The normalized spacial score (nSPS) is 16.4. The van der Waals surface area contributed by atoms with Crippen molar-refractivity contribution in [2.45, 2.75) is 38.9 Å². The van der Waals surface area contributed by atoms with Gasteiger partial charge in [0.15, 0.2) is 0 Å². The second-order valence-electron chi connectivity index (χ2n) is 11.3. The van der Waals surface area contributed by atoms with E-state index in [1.807, 2.05) is 65.6 Å². The van der Waals surface area contributed by atoms with E-state index in [1.54, 1.807) is 12.1 Å². The third-order valence-electron chi connectivity index (χ3n) is 8.42. The molecule has 1 N–H and O–H groups in total. The van der Waals surface area contributed by atoms with E-state index in [2.05, 4.69) is 4.98 Å². The summed E-state index contributed by atoms with van der Waals surface area (Å²) in [6.07, 6.45) is 4.11. The van der Waals surface area contributed by atoms with Crippen molar-refractivity contribution in [3.05, 3.63) is 108 Å². The maximum Gasteiger partial charge on any atom is 0.225 e. The number of pyridine rings is 1. The highest BCUT2D eigenvalue weighted by molar-refractivity contribution is 5.73. The summed E-state index contributed by atoms with van der Waals surface area (Å²) in [5.41, 5.74) is 2.68. The van der Waals surface area contributed by atoms with E-state index in [0.717, 1.165) is 49.9 Å². The minimum Gasteiger partial charge on any atom is -0.473 e. The predicted octanol–water partition coefficient (Wildman–Crippen LogP) is 7.17. The molecule has 1 aliphatic heterocycles. The highest BCUT2D eigenvalue weighted by Crippen LogP contribution is 2.47. The highest BCUT2D eigenvalue weighted by atomic mass is 19.1. The quantitative estimate of drug-likeness (QED) is 0.237. The largest absolute Gasteiger partial charge is 0.473 e. The maximum absolute atomic E-state index is 15.7. The Morgan fingerprint density at radius 1 is 0.805 bits per heavy atom. The van der Waals surface area contributed by atoms with Crippen LogP contribution < -0.4 is 14.4 Å². The van der Waals surface area contributed by atoms with Crippen LogP contribution >= 0.6 is 0 Å². The second-order valence-corrected chi connectivity index (χ2v) is 11.3. The zero-order chi connectivity index (χ0) is 28.2. The molecule has 5 nitrogen and oxygen atoms in total. The Bertz CT molecular complexity index is 1440. The summed E-state index contributed by atoms with van der Waals surface area (Å²) in [6, 6.07) is 25.3. The van der Waals surface area contributed by atoms with Crippen LogP contribution in [0.1, 0.15) is 36.8 Å². The second kappa shape index (κ2) is 11.9. The Labute approximate surface area is 239 Å². The zero-order valence-corrected chi connectivity index (χ0v) is 22.9. The molecule has 2 heterocycles. The van der Waals surface area contributed by atoms with E-state index in [4.69, 9.17) is 9.47 Å². The molecule has 0 bridgehead atoms. The Morgan fingerprint density at radius 3 is 1.98 bits per heavy atom. The lowest BCUT2D eigenvalue weighted by Gasteiger charge is -2.54. The number of aliphatic hydroxyl groups is 1. The van der Waals surface area contributed by atoms with E-state index in [9.17, 15) is 5.11 Å². The molecule has 6 rings (SSSR count). The minimum absolute atomic E-state index is 0.105. The molecule has 2 aliphatic rings. The maximum atomic E-state index is 15.7. The molecule has 41 heavy (non-hydrogen) atoms. The molecule has 3 aromatic carbocycles. The topological polar surface area (TPSA) is 54.8 Å². The van der Waals surface area contributed by atoms with Crippen LogP contribution in [0.2, 0.25) is 0 Å². The molecule has 0 unspecified atom stereocenters. The van der Waals surface area contributed by atoms with E-state index in [1.165, 1.54) is 12.1 Å². The monoisotopic (exact) mass is 556 g/mol. The number of hydrogen-bond acceptors (Lipinski definition) is 5. The third-order valence-corrected chi connectivity index (χ3v) is 8.42. The molecular formula is C34H34F2N2O3. The summed E-state index contributed by atoms with van der Waals surface area (Å²) in [5, 5.41) is 9.45. The summed E-state index contributed by atoms with van der Waals surface area (Å²) in [5.74, 6) is -0.525. The van der Waals surface area contributed by atoms with Gasteiger partial charge < -0.3 is 19.5 Å². The fraction of sp³-hybridized carbons (Fsp3) is 0.324. The predicted molar refractivity (Wildman–Crippen MR) is 155 cm³/mol. The molecule has 0 atom stereocenters. The van der Waals surface area contributed by atoms with Crippen LogP contribution in [-0.4, -0.2) is 29.8 Å². The van der Waals surface area contributed by atoms with Crippen molar-refractivity contribution >= 4 is 5.69 Å². The third kappa shape index (κ3) is 6.05. The fourth-order valence-electron chi connectivity index (χ4n) is 6.00. The lowest BCUT2D eigenvalue weighted by molar-refractivity contribution is 0.0822.